The van der Waals surface area contributed by atoms with Crippen molar-refractivity contribution in [2.75, 3.05) is 0 Å². The summed E-state index contributed by atoms with van der Waals surface area (Å²) in [5.41, 5.74) is 10.0. The molecule has 3 heterocycles. The Morgan fingerprint density at radius 2 is 0.983 bits per heavy atom. The van der Waals surface area contributed by atoms with Crippen molar-refractivity contribution in [1.29, 1.82) is 0 Å². The van der Waals surface area contributed by atoms with E-state index in [-0.39, 0.29) is 6.92 Å². The highest BCUT2D eigenvalue weighted by atomic mass is 28.3. The van der Waals surface area contributed by atoms with E-state index in [9.17, 15) is 0 Å². The minimum atomic E-state index is -2.80. The number of benzene rings is 9. The average molecular weight is 770 g/mol. The predicted octanol–water partition coefficient (Wildman–Crippen LogP) is 9.10. The highest BCUT2D eigenvalue weighted by Crippen LogP contribution is 2.42. The summed E-state index contributed by atoms with van der Waals surface area (Å²) in [5.74, 6) is 2.54. The highest BCUT2D eigenvalue weighted by molar-refractivity contribution is 7.20. The third-order valence-corrected chi connectivity index (χ3v) is 17.2. The third-order valence-electron chi connectivity index (χ3n) is 12.4. The molecule has 59 heavy (non-hydrogen) atoms. The minimum absolute atomic E-state index is 0.313. The molecule has 3 nitrogen and oxygen atoms in total. The summed E-state index contributed by atoms with van der Waals surface area (Å²) in [4.78, 5) is 0. The lowest BCUT2D eigenvalue weighted by Gasteiger charge is -2.36. The van der Waals surface area contributed by atoms with E-state index in [1.165, 1.54) is 42.6 Å². The highest BCUT2D eigenvalue weighted by Gasteiger charge is 2.45. The number of hydrogen-bond donors (Lipinski definition) is 0. The van der Waals surface area contributed by atoms with Crippen LogP contribution in [0.1, 0.15) is 0 Å². The van der Waals surface area contributed by atoms with Crippen molar-refractivity contribution in [3.05, 3.63) is 218 Å². The summed E-state index contributed by atoms with van der Waals surface area (Å²) in [6, 6.07) is 79.3. The van der Waals surface area contributed by atoms with Gasteiger partial charge in [-0.15, -0.1) is 0 Å². The molecule has 1 aromatic heterocycles. The summed E-state index contributed by atoms with van der Waals surface area (Å²) in [6.07, 6.45) is 0. The Balaban J connectivity index is 1.05. The fraction of sp³-hybridized carbons (Fsp3) is 0. The molecule has 0 N–H and O–H groups in total. The summed E-state index contributed by atoms with van der Waals surface area (Å²) in [5, 5.41) is 7.73. The van der Waals surface area contributed by atoms with Crippen LogP contribution in [0.15, 0.2) is 218 Å². The van der Waals surface area contributed by atoms with Crippen molar-refractivity contribution in [1.82, 2.24) is 4.57 Å². The Hall–Kier alpha value is -7.34. The smallest absolute Gasteiger partial charge is 0.434 e. The first-order chi connectivity index (χ1) is 29.3. The molecule has 0 atom stereocenters. The van der Waals surface area contributed by atoms with Crippen LogP contribution in [0.5, 0.6) is 17.2 Å². The molecule has 5 heteroatoms. The lowest BCUT2D eigenvalue weighted by Crippen LogP contribution is -2.75. The van der Waals surface area contributed by atoms with Crippen molar-refractivity contribution in [2.45, 2.75) is 0 Å². The largest absolute Gasteiger partial charge is 0.551 e. The van der Waals surface area contributed by atoms with Crippen molar-refractivity contribution in [3.8, 4) is 45.2 Å². The SMILES string of the molecule is c1ccc([Si](c2ccccc2)(c2ccccc2)c2ccc3c(c2)Oc2cc(-c4cccc(-n5c6ccccc6c6ccccc65)c4)cc4c2B3Oc2ccccc2-4)cc1. The normalized spacial score (nSPS) is 12.6. The Bertz CT molecular complexity index is 3090. The Morgan fingerprint density at radius 3 is 1.64 bits per heavy atom. The molecule has 0 radical (unpaired) electrons. The van der Waals surface area contributed by atoms with Crippen molar-refractivity contribution in [2.24, 2.45) is 0 Å². The van der Waals surface area contributed by atoms with Gasteiger partial charge in [-0.3, -0.25) is 0 Å². The van der Waals surface area contributed by atoms with Crippen molar-refractivity contribution < 1.29 is 9.39 Å². The van der Waals surface area contributed by atoms with Crippen LogP contribution < -0.4 is 41.1 Å². The molecule has 0 unspecified atom stereocenters. The van der Waals surface area contributed by atoms with E-state index < -0.39 is 8.07 Å². The Morgan fingerprint density at radius 1 is 0.390 bits per heavy atom. The molecule has 0 amide bonds. The van der Waals surface area contributed by atoms with E-state index in [1.54, 1.807) is 0 Å². The van der Waals surface area contributed by atoms with Crippen LogP contribution in [0.25, 0.3) is 49.7 Å². The molecule has 0 fully saturated rings. The van der Waals surface area contributed by atoms with Gasteiger partial charge in [-0.05, 0) is 86.0 Å². The van der Waals surface area contributed by atoms with E-state index in [4.69, 9.17) is 9.39 Å². The van der Waals surface area contributed by atoms with Gasteiger partial charge in [0.2, 0.25) is 0 Å². The lowest BCUT2D eigenvalue weighted by atomic mass is 9.50. The van der Waals surface area contributed by atoms with Crippen molar-refractivity contribution in [3.63, 3.8) is 0 Å². The van der Waals surface area contributed by atoms with Gasteiger partial charge in [0, 0.05) is 32.9 Å². The van der Waals surface area contributed by atoms with Gasteiger partial charge in [0.15, 0.2) is 8.07 Å². The molecule has 0 spiro atoms. The Kier molecular flexibility index (Phi) is 7.65. The summed E-state index contributed by atoms with van der Waals surface area (Å²) in [7, 11) is -2.80. The predicted molar refractivity (Wildman–Crippen MR) is 247 cm³/mol. The fourth-order valence-electron chi connectivity index (χ4n) is 9.85. The van der Waals surface area contributed by atoms with E-state index in [0.29, 0.717) is 0 Å². The molecular weight excluding hydrogens is 733 g/mol. The van der Waals surface area contributed by atoms with Gasteiger partial charge in [-0.25, -0.2) is 0 Å². The number of nitrogens with zero attached hydrogens (tertiary/aromatic N) is 1. The zero-order chi connectivity index (χ0) is 38.9. The van der Waals surface area contributed by atoms with Crippen LogP contribution in [-0.4, -0.2) is 19.6 Å². The maximum Gasteiger partial charge on any atom is 0.434 e. The topological polar surface area (TPSA) is 23.4 Å². The van der Waals surface area contributed by atoms with Crippen LogP contribution in [0.2, 0.25) is 0 Å². The number of aromatic nitrogens is 1. The van der Waals surface area contributed by atoms with Gasteiger partial charge in [-0.2, -0.15) is 0 Å². The van der Waals surface area contributed by atoms with Gasteiger partial charge in [0.1, 0.15) is 17.2 Å². The second-order valence-electron chi connectivity index (χ2n) is 15.6. The first-order valence-corrected chi connectivity index (χ1v) is 22.3. The first kappa shape index (κ1) is 33.8. The Labute approximate surface area is 344 Å². The molecule has 2 aliphatic heterocycles. The average Bonchev–Trinajstić information content (AvgIpc) is 3.65. The van der Waals surface area contributed by atoms with E-state index in [2.05, 4.69) is 223 Å². The molecule has 9 aromatic carbocycles. The fourth-order valence-corrected chi connectivity index (χ4v) is 14.6. The van der Waals surface area contributed by atoms with E-state index >= 15 is 0 Å². The van der Waals surface area contributed by atoms with Gasteiger partial charge in [0.25, 0.3) is 0 Å². The van der Waals surface area contributed by atoms with Crippen LogP contribution in [0.3, 0.4) is 0 Å². The minimum Gasteiger partial charge on any atom is -0.551 e. The molecule has 0 aliphatic carbocycles. The second kappa shape index (κ2) is 13.4. The summed E-state index contributed by atoms with van der Waals surface area (Å²) < 4.78 is 16.6. The summed E-state index contributed by atoms with van der Waals surface area (Å²) in [6.45, 7) is -0.313. The van der Waals surface area contributed by atoms with Crippen LogP contribution in [0.4, 0.5) is 0 Å². The van der Waals surface area contributed by atoms with Crippen LogP contribution in [-0.2, 0) is 0 Å². The van der Waals surface area contributed by atoms with Gasteiger partial charge in [-0.1, -0.05) is 170 Å². The molecule has 0 bridgehead atoms. The zero-order valence-electron chi connectivity index (χ0n) is 32.1. The molecular formula is C54H36BNO2Si. The quantitative estimate of drug-likeness (QED) is 0.125. The molecule has 276 valence electrons. The molecule has 12 rings (SSSR count). The summed E-state index contributed by atoms with van der Waals surface area (Å²) >= 11 is 0. The number of rotatable bonds is 6. The first-order valence-electron chi connectivity index (χ1n) is 20.3. The van der Waals surface area contributed by atoms with E-state index in [0.717, 1.165) is 56.1 Å². The standard InChI is InChI=1S/C54H36BNO2Si/c1-4-19-40(20-5-1)59(41-21-6-2-7-22-41,42-23-8-3-9-24-42)43-31-32-48-52(36-43)57-53-35-38(34-47-46-27-12-15-30-51(46)58-55(48)54(47)53)37-17-16-18-39(33-37)56-49-28-13-10-25-44(49)45-26-11-14-29-50(45)56/h1-36H. The number of hydrogen-bond acceptors (Lipinski definition) is 2. The maximum absolute atomic E-state index is 7.20. The van der Waals surface area contributed by atoms with Crippen LogP contribution >= 0.6 is 0 Å². The molecule has 10 aromatic rings. The van der Waals surface area contributed by atoms with Gasteiger partial charge < -0.3 is 14.0 Å². The molecule has 0 saturated carbocycles. The maximum atomic E-state index is 7.20. The molecule has 0 saturated heterocycles. The monoisotopic (exact) mass is 769 g/mol. The van der Waals surface area contributed by atoms with Gasteiger partial charge in [0.05, 0.1) is 11.0 Å². The van der Waals surface area contributed by atoms with Gasteiger partial charge >= 0.3 is 6.92 Å². The van der Waals surface area contributed by atoms with Crippen LogP contribution in [0, 0.1) is 0 Å². The van der Waals surface area contributed by atoms with Crippen molar-refractivity contribution >= 4 is 68.5 Å². The zero-order valence-corrected chi connectivity index (χ0v) is 33.1. The second-order valence-corrected chi connectivity index (χ2v) is 19.4. The number of ether oxygens (including phenoxy) is 1. The third kappa shape index (κ3) is 5.15. The lowest BCUT2D eigenvalue weighted by molar-refractivity contribution is 0.480. The number of para-hydroxylation sites is 3. The number of fused-ring (bicyclic) bond motifs is 7. The molecule has 2 aliphatic rings. The van der Waals surface area contributed by atoms with E-state index in [1.807, 2.05) is 0 Å².